The fraction of sp³-hybridized carbons (Fsp3) is 0.348. The molecule has 148 valence electrons. The molecule has 6 heteroatoms. The number of rotatable bonds is 4. The van der Waals surface area contributed by atoms with Crippen LogP contribution >= 0.6 is 0 Å². The number of hydrogen-bond acceptors (Lipinski definition) is 5. The number of aryl methyl sites for hydroxylation is 1. The van der Waals surface area contributed by atoms with Crippen LogP contribution in [0.15, 0.2) is 48.7 Å². The lowest BCUT2D eigenvalue weighted by Crippen LogP contribution is -2.64. The van der Waals surface area contributed by atoms with Gasteiger partial charge < -0.3 is 14.7 Å². The van der Waals surface area contributed by atoms with Crippen molar-refractivity contribution in [3.05, 3.63) is 59.9 Å². The molecule has 0 bridgehead atoms. The number of ether oxygens (including phenoxy) is 1. The normalized spacial score (nSPS) is 25.8. The van der Waals surface area contributed by atoms with Crippen molar-refractivity contribution in [2.24, 2.45) is 11.8 Å². The lowest BCUT2D eigenvalue weighted by Gasteiger charge is -2.47. The summed E-state index contributed by atoms with van der Waals surface area (Å²) in [7, 11) is 0. The number of benzene rings is 1. The van der Waals surface area contributed by atoms with Crippen LogP contribution in [0.5, 0.6) is 0 Å². The number of pyridine rings is 1. The predicted molar refractivity (Wildman–Crippen MR) is 107 cm³/mol. The maximum absolute atomic E-state index is 12.9. The molecule has 1 fully saturated rings. The number of carbonyl (C=O) groups excluding carboxylic acids is 2. The first-order valence-electron chi connectivity index (χ1n) is 9.95. The molecule has 0 unspecified atom stereocenters. The second-order valence-electron chi connectivity index (χ2n) is 7.94. The fourth-order valence-corrected chi connectivity index (χ4v) is 5.11. The maximum atomic E-state index is 12.9. The highest BCUT2D eigenvalue weighted by atomic mass is 16.5. The van der Waals surface area contributed by atoms with E-state index in [9.17, 15) is 14.7 Å². The first kappa shape index (κ1) is 18.1. The molecule has 1 saturated heterocycles. The van der Waals surface area contributed by atoms with Gasteiger partial charge in [0.05, 0.1) is 23.6 Å². The fourth-order valence-electron chi connectivity index (χ4n) is 5.11. The van der Waals surface area contributed by atoms with Gasteiger partial charge in [0.1, 0.15) is 12.3 Å². The Morgan fingerprint density at radius 3 is 3.00 bits per heavy atom. The van der Waals surface area contributed by atoms with Crippen LogP contribution in [0, 0.1) is 11.8 Å². The van der Waals surface area contributed by atoms with E-state index in [0.717, 1.165) is 40.6 Å². The Labute approximate surface area is 168 Å². The van der Waals surface area contributed by atoms with Gasteiger partial charge in [-0.25, -0.2) is 4.79 Å². The van der Waals surface area contributed by atoms with E-state index >= 15 is 0 Å². The van der Waals surface area contributed by atoms with E-state index in [1.54, 1.807) is 11.8 Å². The molecule has 1 aliphatic carbocycles. The summed E-state index contributed by atoms with van der Waals surface area (Å²) in [5, 5.41) is 11.2. The Balaban J connectivity index is 1.69. The van der Waals surface area contributed by atoms with Crippen molar-refractivity contribution < 1.29 is 19.4 Å². The number of aliphatic hydroxyl groups excluding tert-OH is 1. The third-order valence-corrected chi connectivity index (χ3v) is 6.30. The van der Waals surface area contributed by atoms with Gasteiger partial charge in [-0.15, -0.1) is 0 Å². The van der Waals surface area contributed by atoms with E-state index < -0.39 is 18.0 Å². The summed E-state index contributed by atoms with van der Waals surface area (Å²) in [6.45, 7) is 5.31. The molecule has 1 N–H and O–H groups in total. The van der Waals surface area contributed by atoms with Crippen molar-refractivity contribution in [2.45, 2.75) is 31.9 Å². The summed E-state index contributed by atoms with van der Waals surface area (Å²) in [4.78, 5) is 32.1. The second kappa shape index (κ2) is 6.52. The lowest BCUT2D eigenvalue weighted by atomic mass is 9.71. The molecule has 1 amide bonds. The van der Waals surface area contributed by atoms with Gasteiger partial charge in [0.25, 0.3) is 0 Å². The molecule has 29 heavy (non-hydrogen) atoms. The number of carbonyl (C=O) groups is 2. The quantitative estimate of drug-likeness (QED) is 0.493. The molecule has 3 aliphatic rings. The van der Waals surface area contributed by atoms with Gasteiger partial charge in [-0.1, -0.05) is 30.9 Å². The number of hydrogen-bond donors (Lipinski definition) is 1. The maximum Gasteiger partial charge on any atom is 0.355 e. The van der Waals surface area contributed by atoms with Crippen molar-refractivity contribution in [1.82, 2.24) is 9.88 Å². The van der Waals surface area contributed by atoms with Crippen LogP contribution in [-0.4, -0.2) is 45.6 Å². The van der Waals surface area contributed by atoms with E-state index in [2.05, 4.69) is 12.6 Å². The topological polar surface area (TPSA) is 79.7 Å². The van der Waals surface area contributed by atoms with Crippen molar-refractivity contribution in [3.63, 3.8) is 0 Å². The molecule has 4 atom stereocenters. The number of fused-ring (bicyclic) bond motifs is 6. The van der Waals surface area contributed by atoms with E-state index in [1.165, 1.54) is 6.08 Å². The SMILES string of the molecule is C=CCOC(=O)C1=C2c3cc4ccccc4nc3CC[C@@H]2[C@@H]2[C@@H]([C@@H](C)O)C(=O)N12. The Morgan fingerprint density at radius 1 is 1.45 bits per heavy atom. The molecule has 0 spiro atoms. The van der Waals surface area contributed by atoms with Crippen molar-refractivity contribution >= 4 is 28.4 Å². The molecule has 2 aromatic rings. The van der Waals surface area contributed by atoms with E-state index in [0.29, 0.717) is 5.70 Å². The van der Waals surface area contributed by atoms with Crippen molar-refractivity contribution in [1.29, 1.82) is 0 Å². The van der Waals surface area contributed by atoms with Gasteiger partial charge >= 0.3 is 5.97 Å². The van der Waals surface area contributed by atoms with Crippen LogP contribution in [-0.2, 0) is 20.7 Å². The molecule has 5 rings (SSSR count). The standard InChI is InChI=1S/C23H22N2O4/c1-3-10-29-23(28)21-19-14(20-18(12(2)26)22(27)25(20)21)8-9-17-15(19)11-13-6-4-5-7-16(13)24-17/h3-7,11-12,14,18,20,26H,1,8-10H2,2H3/t12-,14+,18-,20-/m1/s1. The minimum absolute atomic E-state index is 0.00552. The molecule has 1 aromatic heterocycles. The average molecular weight is 390 g/mol. The van der Waals surface area contributed by atoms with Gasteiger partial charge in [-0.05, 0) is 37.5 Å². The van der Waals surface area contributed by atoms with Crippen LogP contribution < -0.4 is 0 Å². The molecule has 6 nitrogen and oxygen atoms in total. The van der Waals surface area contributed by atoms with E-state index in [-0.39, 0.29) is 24.5 Å². The van der Waals surface area contributed by atoms with Crippen LogP contribution in [0.4, 0.5) is 0 Å². The Morgan fingerprint density at radius 2 is 2.24 bits per heavy atom. The highest BCUT2D eigenvalue weighted by molar-refractivity contribution is 6.08. The van der Waals surface area contributed by atoms with Crippen LogP contribution in [0.3, 0.4) is 0 Å². The van der Waals surface area contributed by atoms with Gasteiger partial charge in [0.15, 0.2) is 0 Å². The largest absolute Gasteiger partial charge is 0.457 e. The molecule has 1 aromatic carbocycles. The highest BCUT2D eigenvalue weighted by Crippen LogP contribution is 2.54. The van der Waals surface area contributed by atoms with Crippen LogP contribution in [0.2, 0.25) is 0 Å². The number of para-hydroxylation sites is 1. The first-order chi connectivity index (χ1) is 14.0. The average Bonchev–Trinajstić information content (AvgIpc) is 3.01. The monoisotopic (exact) mass is 390 g/mol. The minimum atomic E-state index is -0.760. The highest BCUT2D eigenvalue weighted by Gasteiger charge is 2.62. The predicted octanol–water partition coefficient (Wildman–Crippen LogP) is 2.46. The first-order valence-corrected chi connectivity index (χ1v) is 9.95. The van der Waals surface area contributed by atoms with Crippen LogP contribution in [0.25, 0.3) is 16.5 Å². The zero-order valence-electron chi connectivity index (χ0n) is 16.2. The Bertz CT molecular complexity index is 1090. The number of aromatic nitrogens is 1. The molecular formula is C23H22N2O4. The molecular weight excluding hydrogens is 368 g/mol. The van der Waals surface area contributed by atoms with E-state index in [4.69, 9.17) is 9.72 Å². The van der Waals surface area contributed by atoms with Crippen molar-refractivity contribution in [2.75, 3.05) is 6.61 Å². The summed E-state index contributed by atoms with van der Waals surface area (Å²) in [6.07, 6.45) is 2.30. The number of esters is 1. The number of amides is 1. The molecule has 0 radical (unpaired) electrons. The van der Waals surface area contributed by atoms with Crippen molar-refractivity contribution in [3.8, 4) is 0 Å². The van der Waals surface area contributed by atoms with Crippen LogP contribution in [0.1, 0.15) is 24.6 Å². The minimum Gasteiger partial charge on any atom is -0.457 e. The summed E-state index contributed by atoms with van der Waals surface area (Å²) < 4.78 is 5.33. The lowest BCUT2D eigenvalue weighted by molar-refractivity contribution is -0.164. The Hall–Kier alpha value is -2.99. The summed E-state index contributed by atoms with van der Waals surface area (Å²) in [6, 6.07) is 9.74. The van der Waals surface area contributed by atoms with Gasteiger partial charge in [0, 0.05) is 22.6 Å². The summed E-state index contributed by atoms with van der Waals surface area (Å²) in [5.74, 6) is -1.23. The molecule has 0 saturated carbocycles. The van der Waals surface area contributed by atoms with E-state index in [1.807, 2.05) is 24.3 Å². The zero-order chi connectivity index (χ0) is 20.3. The number of nitrogens with zero attached hydrogens (tertiary/aromatic N) is 2. The third kappa shape index (κ3) is 2.48. The van der Waals surface area contributed by atoms with Gasteiger partial charge in [-0.2, -0.15) is 0 Å². The summed E-state index contributed by atoms with van der Waals surface area (Å²) in [5.41, 5.74) is 3.91. The Kier molecular flexibility index (Phi) is 4.06. The zero-order valence-corrected chi connectivity index (χ0v) is 16.2. The number of β-lactam (4-membered cyclic amide) rings is 1. The second-order valence-corrected chi connectivity index (χ2v) is 7.94. The molecule has 3 heterocycles. The number of aliphatic hydroxyl groups is 1. The van der Waals surface area contributed by atoms with Gasteiger partial charge in [-0.3, -0.25) is 9.78 Å². The summed E-state index contributed by atoms with van der Waals surface area (Å²) >= 11 is 0. The van der Waals surface area contributed by atoms with Gasteiger partial charge in [0.2, 0.25) is 5.91 Å². The molecule has 2 aliphatic heterocycles. The smallest absolute Gasteiger partial charge is 0.355 e. The third-order valence-electron chi connectivity index (χ3n) is 6.30.